The predicted molar refractivity (Wildman–Crippen MR) is 66.2 cm³/mol. The minimum absolute atomic E-state index is 0.354. The van der Waals surface area contributed by atoms with Crippen LogP contribution >= 0.6 is 0 Å². The van der Waals surface area contributed by atoms with Crippen LogP contribution in [0, 0.1) is 0 Å². The zero-order valence-electron chi connectivity index (χ0n) is 10.3. The van der Waals surface area contributed by atoms with Gasteiger partial charge in [-0.3, -0.25) is 4.79 Å². The Kier molecular flexibility index (Phi) is 4.92. The number of nitrogens with zero attached hydrogens (tertiary/aromatic N) is 1. The molecule has 0 aliphatic rings. The average molecular weight is 249 g/mol. The number of amides is 1. The molecule has 1 rings (SSSR count). The molecule has 0 spiro atoms. The lowest BCUT2D eigenvalue weighted by atomic mass is 10.2. The Hall–Kier alpha value is -2.30. The zero-order valence-corrected chi connectivity index (χ0v) is 10.3. The van der Waals surface area contributed by atoms with Crippen molar-refractivity contribution in [2.75, 3.05) is 14.2 Å². The molecule has 18 heavy (non-hydrogen) atoms. The van der Waals surface area contributed by atoms with Crippen molar-refractivity contribution in [3.8, 4) is 5.75 Å². The van der Waals surface area contributed by atoms with Gasteiger partial charge in [-0.05, 0) is 6.07 Å². The number of aliphatic carboxylic acids is 1. The molecule has 5 nitrogen and oxygen atoms in total. The molecule has 1 aromatic carbocycles. The number of benzene rings is 1. The molecule has 0 aliphatic carbocycles. The van der Waals surface area contributed by atoms with Crippen molar-refractivity contribution in [2.45, 2.75) is 6.54 Å². The van der Waals surface area contributed by atoms with Gasteiger partial charge in [0, 0.05) is 31.3 Å². The number of rotatable bonds is 5. The van der Waals surface area contributed by atoms with Gasteiger partial charge in [0.1, 0.15) is 5.75 Å². The summed E-state index contributed by atoms with van der Waals surface area (Å²) in [5.41, 5.74) is 0.861. The highest BCUT2D eigenvalue weighted by Gasteiger charge is 2.09. The monoisotopic (exact) mass is 249 g/mol. The van der Waals surface area contributed by atoms with E-state index in [0.717, 1.165) is 17.7 Å². The van der Waals surface area contributed by atoms with E-state index in [1.165, 1.54) is 4.90 Å². The maximum atomic E-state index is 11.6. The van der Waals surface area contributed by atoms with Crippen molar-refractivity contribution in [1.82, 2.24) is 4.90 Å². The highest BCUT2D eigenvalue weighted by atomic mass is 16.5. The van der Waals surface area contributed by atoms with Gasteiger partial charge in [0.25, 0.3) is 0 Å². The molecule has 0 atom stereocenters. The second kappa shape index (κ2) is 6.44. The van der Waals surface area contributed by atoms with E-state index in [1.807, 2.05) is 18.2 Å². The molecule has 0 heterocycles. The summed E-state index contributed by atoms with van der Waals surface area (Å²) in [5.74, 6) is -0.822. The minimum Gasteiger partial charge on any atom is -0.496 e. The first-order valence-corrected chi connectivity index (χ1v) is 5.32. The minimum atomic E-state index is -1.14. The molecule has 1 amide bonds. The molecule has 0 bridgehead atoms. The van der Waals surface area contributed by atoms with Gasteiger partial charge >= 0.3 is 5.97 Å². The van der Waals surface area contributed by atoms with Gasteiger partial charge in [-0.1, -0.05) is 18.2 Å². The Bertz CT molecular complexity index is 468. The van der Waals surface area contributed by atoms with Crippen molar-refractivity contribution in [3.05, 3.63) is 42.0 Å². The maximum Gasteiger partial charge on any atom is 0.328 e. The fourth-order valence-electron chi connectivity index (χ4n) is 1.44. The number of para-hydroxylation sites is 1. The zero-order chi connectivity index (χ0) is 13.5. The van der Waals surface area contributed by atoms with Crippen molar-refractivity contribution in [1.29, 1.82) is 0 Å². The molecule has 0 saturated heterocycles. The summed E-state index contributed by atoms with van der Waals surface area (Å²) in [5, 5.41) is 8.44. The summed E-state index contributed by atoms with van der Waals surface area (Å²) in [6.45, 7) is 0.354. The lowest BCUT2D eigenvalue weighted by Gasteiger charge is -2.17. The van der Waals surface area contributed by atoms with Crippen LogP contribution in [0.25, 0.3) is 0 Å². The second-order valence-corrected chi connectivity index (χ2v) is 3.68. The summed E-state index contributed by atoms with van der Waals surface area (Å²) < 4.78 is 5.17. The van der Waals surface area contributed by atoms with Crippen LogP contribution in [0.5, 0.6) is 5.75 Å². The lowest BCUT2D eigenvalue weighted by Crippen LogP contribution is -2.24. The molecule has 1 N–H and O–H groups in total. The van der Waals surface area contributed by atoms with Crippen LogP contribution in [0.3, 0.4) is 0 Å². The van der Waals surface area contributed by atoms with Crippen LogP contribution < -0.4 is 4.74 Å². The Morgan fingerprint density at radius 2 is 2.00 bits per heavy atom. The quantitative estimate of drug-likeness (QED) is 0.799. The summed E-state index contributed by atoms with van der Waals surface area (Å²) in [6.07, 6.45) is 1.85. The smallest absolute Gasteiger partial charge is 0.328 e. The lowest BCUT2D eigenvalue weighted by molar-refractivity contribution is -0.132. The summed E-state index contributed by atoms with van der Waals surface area (Å²) >= 11 is 0. The molecule has 0 unspecified atom stereocenters. The number of likely N-dealkylation sites (N-methyl/N-ethyl adjacent to an activating group) is 1. The topological polar surface area (TPSA) is 66.8 Å². The Labute approximate surface area is 105 Å². The van der Waals surface area contributed by atoms with Gasteiger partial charge in [-0.25, -0.2) is 4.79 Å². The summed E-state index contributed by atoms with van der Waals surface area (Å²) in [6, 6.07) is 7.35. The third-order valence-electron chi connectivity index (χ3n) is 2.34. The van der Waals surface area contributed by atoms with Gasteiger partial charge in [-0.2, -0.15) is 0 Å². The molecular weight excluding hydrogens is 234 g/mol. The van der Waals surface area contributed by atoms with Gasteiger partial charge in [0.2, 0.25) is 5.91 Å². The van der Waals surface area contributed by atoms with E-state index >= 15 is 0 Å². The van der Waals surface area contributed by atoms with Crippen molar-refractivity contribution in [2.24, 2.45) is 0 Å². The molecule has 0 aliphatic heterocycles. The number of carboxylic acids is 1. The largest absolute Gasteiger partial charge is 0.496 e. The molecule has 5 heteroatoms. The highest BCUT2D eigenvalue weighted by Crippen LogP contribution is 2.18. The van der Waals surface area contributed by atoms with E-state index in [4.69, 9.17) is 9.84 Å². The summed E-state index contributed by atoms with van der Waals surface area (Å²) in [4.78, 5) is 23.3. The number of carbonyl (C=O) groups is 2. The number of ether oxygens (including phenoxy) is 1. The highest BCUT2D eigenvalue weighted by molar-refractivity contribution is 5.93. The SMILES string of the molecule is COc1ccccc1CN(C)C(=O)/C=C/C(=O)O. The predicted octanol–water partition coefficient (Wildman–Crippen LogP) is 1.29. The van der Waals surface area contributed by atoms with Crippen molar-refractivity contribution in [3.63, 3.8) is 0 Å². The van der Waals surface area contributed by atoms with Gasteiger partial charge in [0.15, 0.2) is 0 Å². The van der Waals surface area contributed by atoms with Crippen LogP contribution in [0.2, 0.25) is 0 Å². The first-order chi connectivity index (χ1) is 8.54. The molecular formula is C13H15NO4. The molecule has 0 saturated carbocycles. The van der Waals surface area contributed by atoms with Crippen molar-refractivity contribution < 1.29 is 19.4 Å². The van der Waals surface area contributed by atoms with E-state index < -0.39 is 5.97 Å². The normalized spacial score (nSPS) is 10.3. The number of hydrogen-bond acceptors (Lipinski definition) is 3. The van der Waals surface area contributed by atoms with E-state index in [-0.39, 0.29) is 5.91 Å². The van der Waals surface area contributed by atoms with Gasteiger partial charge < -0.3 is 14.7 Å². The first kappa shape index (κ1) is 13.8. The average Bonchev–Trinajstić information content (AvgIpc) is 2.36. The third kappa shape index (κ3) is 3.93. The van der Waals surface area contributed by atoms with E-state index in [9.17, 15) is 9.59 Å². The number of hydrogen-bond donors (Lipinski definition) is 1. The number of carbonyl (C=O) groups excluding carboxylic acids is 1. The Balaban J connectivity index is 2.72. The Morgan fingerprint density at radius 3 is 2.61 bits per heavy atom. The molecule has 0 radical (unpaired) electrons. The first-order valence-electron chi connectivity index (χ1n) is 5.32. The molecule has 1 aromatic rings. The van der Waals surface area contributed by atoms with E-state index in [1.54, 1.807) is 20.2 Å². The van der Waals surface area contributed by atoms with Gasteiger partial charge in [0.05, 0.1) is 7.11 Å². The van der Waals surface area contributed by atoms with Crippen LogP contribution in [-0.4, -0.2) is 36.0 Å². The summed E-state index contributed by atoms with van der Waals surface area (Å²) in [7, 11) is 3.16. The fourth-order valence-corrected chi connectivity index (χ4v) is 1.44. The van der Waals surface area contributed by atoms with Crippen LogP contribution in [0.4, 0.5) is 0 Å². The Morgan fingerprint density at radius 1 is 1.33 bits per heavy atom. The standard InChI is InChI=1S/C13H15NO4/c1-14(12(15)7-8-13(16)17)9-10-5-3-4-6-11(10)18-2/h3-8H,9H2,1-2H3,(H,16,17)/b8-7+. The third-order valence-corrected chi connectivity index (χ3v) is 2.34. The van der Waals surface area contributed by atoms with Gasteiger partial charge in [-0.15, -0.1) is 0 Å². The molecule has 0 aromatic heterocycles. The number of methoxy groups -OCH3 is 1. The molecule has 96 valence electrons. The second-order valence-electron chi connectivity index (χ2n) is 3.68. The van der Waals surface area contributed by atoms with Crippen LogP contribution in [0.1, 0.15) is 5.56 Å². The van der Waals surface area contributed by atoms with Crippen LogP contribution in [0.15, 0.2) is 36.4 Å². The van der Waals surface area contributed by atoms with E-state index in [2.05, 4.69) is 0 Å². The van der Waals surface area contributed by atoms with Crippen LogP contribution in [-0.2, 0) is 16.1 Å². The molecule has 0 fully saturated rings. The number of carboxylic acid groups (broad SMARTS) is 1. The fraction of sp³-hybridized carbons (Fsp3) is 0.231. The maximum absolute atomic E-state index is 11.6. The van der Waals surface area contributed by atoms with E-state index in [0.29, 0.717) is 12.3 Å². The van der Waals surface area contributed by atoms with Crippen molar-refractivity contribution >= 4 is 11.9 Å².